The molecule has 1 unspecified atom stereocenters. The van der Waals surface area contributed by atoms with Crippen LogP contribution in [-0.2, 0) is 19.1 Å². The molecule has 1 fully saturated rings. The lowest BCUT2D eigenvalue weighted by molar-refractivity contribution is -0.148. The average molecular weight is 335 g/mol. The van der Waals surface area contributed by atoms with Crippen LogP contribution < -0.4 is 0 Å². The van der Waals surface area contributed by atoms with Crippen LogP contribution in [0.1, 0.15) is 25.3 Å². The molecule has 3 rings (SSSR count). The monoisotopic (exact) mass is 335 g/mol. The van der Waals surface area contributed by atoms with Crippen molar-refractivity contribution >= 4 is 29.6 Å². The molecule has 1 aromatic rings. The third-order valence-corrected chi connectivity index (χ3v) is 4.75. The maximum absolute atomic E-state index is 11.8. The Hall–Kier alpha value is -2.42. The van der Waals surface area contributed by atoms with E-state index in [2.05, 4.69) is 9.97 Å². The zero-order chi connectivity index (χ0) is 16.6. The van der Waals surface area contributed by atoms with Crippen LogP contribution in [0.15, 0.2) is 29.7 Å². The molecule has 8 nitrogen and oxygen atoms in total. The summed E-state index contributed by atoms with van der Waals surface area (Å²) in [5.41, 5.74) is 0.178. The maximum Gasteiger partial charge on any atom is 0.352 e. The summed E-state index contributed by atoms with van der Waals surface area (Å²) in [6, 6.07) is 1.60. The molecule has 1 amide bonds. The molecule has 0 radical (unpaired) electrons. The van der Waals surface area contributed by atoms with E-state index in [0.717, 1.165) is 0 Å². The van der Waals surface area contributed by atoms with Gasteiger partial charge in [0, 0.05) is 30.6 Å². The van der Waals surface area contributed by atoms with Crippen LogP contribution in [0.3, 0.4) is 0 Å². The lowest BCUT2D eigenvalue weighted by Crippen LogP contribution is -2.54. The van der Waals surface area contributed by atoms with E-state index in [9.17, 15) is 19.5 Å². The van der Waals surface area contributed by atoms with Gasteiger partial charge in [-0.2, -0.15) is 0 Å². The Bertz CT molecular complexity index is 706. The first-order valence-corrected chi connectivity index (χ1v) is 7.88. The van der Waals surface area contributed by atoms with Crippen LogP contribution in [0.4, 0.5) is 0 Å². The van der Waals surface area contributed by atoms with Crippen molar-refractivity contribution in [1.29, 1.82) is 0 Å². The molecule has 120 valence electrons. The number of carbonyl (C=O) groups excluding carboxylic acids is 2. The number of carboxylic acids is 1. The standard InChI is InChI=1S/C14H13N3O5S/c1-7(18)22-12(13-15-3-2-4-16-13)8-6-23-10-5-9(19)17(10)11(8)14(20)21/h2-4,10,12H,5-6H2,1H3,(H,20,21)/t10-,12?/m1/s1. The minimum absolute atomic E-state index is 0.135. The van der Waals surface area contributed by atoms with Gasteiger partial charge in [-0.05, 0) is 6.07 Å². The molecule has 1 N–H and O–H groups in total. The highest BCUT2D eigenvalue weighted by Crippen LogP contribution is 2.43. The number of hydrogen-bond donors (Lipinski definition) is 1. The van der Waals surface area contributed by atoms with Crippen molar-refractivity contribution in [3.63, 3.8) is 0 Å². The van der Waals surface area contributed by atoms with E-state index >= 15 is 0 Å². The molecule has 23 heavy (non-hydrogen) atoms. The lowest BCUT2D eigenvalue weighted by atomic mass is 10.0. The number of fused-ring (bicyclic) bond motifs is 1. The second-order valence-electron chi connectivity index (χ2n) is 5.01. The van der Waals surface area contributed by atoms with E-state index in [4.69, 9.17) is 4.74 Å². The van der Waals surface area contributed by atoms with Gasteiger partial charge in [0.1, 0.15) is 5.70 Å². The predicted molar refractivity (Wildman–Crippen MR) is 78.9 cm³/mol. The SMILES string of the molecule is CC(=O)OC(C1=C(C(=O)O)N2C(=O)C[C@H]2SC1)c1ncccn1. The number of rotatable bonds is 4. The number of aromatic nitrogens is 2. The first kappa shape index (κ1) is 15.5. The molecular weight excluding hydrogens is 322 g/mol. The van der Waals surface area contributed by atoms with Crippen LogP contribution in [0.2, 0.25) is 0 Å². The van der Waals surface area contributed by atoms with E-state index in [-0.39, 0.29) is 22.8 Å². The fourth-order valence-corrected chi connectivity index (χ4v) is 3.82. The van der Waals surface area contributed by atoms with Crippen molar-refractivity contribution in [3.8, 4) is 0 Å². The van der Waals surface area contributed by atoms with Gasteiger partial charge in [0.05, 0.1) is 11.8 Å². The second-order valence-corrected chi connectivity index (χ2v) is 6.18. The van der Waals surface area contributed by atoms with Crippen molar-refractivity contribution in [2.24, 2.45) is 0 Å². The van der Waals surface area contributed by atoms with Crippen molar-refractivity contribution in [1.82, 2.24) is 14.9 Å². The Kier molecular flexibility index (Phi) is 4.03. The number of hydrogen-bond acceptors (Lipinski definition) is 7. The fourth-order valence-electron chi connectivity index (χ4n) is 2.53. The number of ether oxygens (including phenoxy) is 1. The number of amides is 1. The van der Waals surface area contributed by atoms with Crippen LogP contribution in [0.25, 0.3) is 0 Å². The normalized spacial score (nSPS) is 21.3. The minimum Gasteiger partial charge on any atom is -0.477 e. The Labute approximate surface area is 135 Å². The molecule has 9 heteroatoms. The molecule has 0 saturated carbocycles. The number of β-lactam (4-membered cyclic amide) rings is 1. The first-order valence-electron chi connectivity index (χ1n) is 6.83. The minimum atomic E-state index is -1.23. The van der Waals surface area contributed by atoms with Gasteiger partial charge in [0.15, 0.2) is 11.9 Å². The second kappa shape index (κ2) is 5.99. The van der Waals surface area contributed by atoms with Crippen molar-refractivity contribution in [2.45, 2.75) is 24.8 Å². The number of carbonyl (C=O) groups is 3. The average Bonchev–Trinajstić information content (AvgIpc) is 2.51. The Balaban J connectivity index is 2.09. The Morgan fingerprint density at radius 1 is 1.43 bits per heavy atom. The van der Waals surface area contributed by atoms with Crippen molar-refractivity contribution in [3.05, 3.63) is 35.6 Å². The highest BCUT2D eigenvalue weighted by Gasteiger charge is 2.47. The molecule has 2 atom stereocenters. The summed E-state index contributed by atoms with van der Waals surface area (Å²) in [6.07, 6.45) is 2.25. The highest BCUT2D eigenvalue weighted by atomic mass is 32.2. The van der Waals surface area contributed by atoms with Gasteiger partial charge in [0.2, 0.25) is 5.91 Å². The van der Waals surface area contributed by atoms with Crippen molar-refractivity contribution in [2.75, 3.05) is 5.75 Å². The number of aliphatic carboxylic acids is 1. The van der Waals surface area contributed by atoms with Gasteiger partial charge < -0.3 is 9.84 Å². The quantitative estimate of drug-likeness (QED) is 0.633. The number of carboxylic acid groups (broad SMARTS) is 1. The van der Waals surface area contributed by atoms with Crippen LogP contribution in [0.5, 0.6) is 0 Å². The molecule has 0 aliphatic carbocycles. The number of nitrogens with zero attached hydrogens (tertiary/aromatic N) is 3. The summed E-state index contributed by atoms with van der Waals surface area (Å²) < 4.78 is 5.26. The Morgan fingerprint density at radius 2 is 2.13 bits per heavy atom. The third kappa shape index (κ3) is 2.79. The van der Waals surface area contributed by atoms with Crippen LogP contribution in [0, 0.1) is 0 Å². The molecule has 0 bridgehead atoms. The van der Waals surface area contributed by atoms with Gasteiger partial charge in [-0.15, -0.1) is 11.8 Å². The van der Waals surface area contributed by atoms with Crippen molar-refractivity contribution < 1.29 is 24.2 Å². The fraction of sp³-hybridized carbons (Fsp3) is 0.357. The number of esters is 1. The molecular formula is C14H13N3O5S. The largest absolute Gasteiger partial charge is 0.477 e. The molecule has 3 heterocycles. The smallest absolute Gasteiger partial charge is 0.352 e. The van der Waals surface area contributed by atoms with Crippen LogP contribution in [-0.4, -0.2) is 48.9 Å². The summed E-state index contributed by atoms with van der Waals surface area (Å²) in [7, 11) is 0. The number of thioether (sulfide) groups is 1. The summed E-state index contributed by atoms with van der Waals surface area (Å²) in [5, 5.41) is 9.36. The van der Waals surface area contributed by atoms with E-state index in [1.165, 1.54) is 36.0 Å². The zero-order valence-electron chi connectivity index (χ0n) is 12.1. The molecule has 1 saturated heterocycles. The maximum atomic E-state index is 11.8. The molecule has 0 aromatic carbocycles. The predicted octanol–water partition coefficient (Wildman–Crippen LogP) is 0.725. The van der Waals surface area contributed by atoms with E-state index < -0.39 is 18.0 Å². The summed E-state index contributed by atoms with van der Waals surface area (Å²) in [4.78, 5) is 44.2. The third-order valence-electron chi connectivity index (χ3n) is 3.51. The summed E-state index contributed by atoms with van der Waals surface area (Å²) in [5.74, 6) is -1.56. The van der Waals surface area contributed by atoms with Crippen LogP contribution >= 0.6 is 11.8 Å². The molecule has 2 aliphatic heterocycles. The van der Waals surface area contributed by atoms with E-state index in [0.29, 0.717) is 17.7 Å². The first-order chi connectivity index (χ1) is 11.0. The van der Waals surface area contributed by atoms with Gasteiger partial charge in [-0.1, -0.05) is 0 Å². The lowest BCUT2D eigenvalue weighted by Gasteiger charge is -2.44. The molecule has 1 aromatic heterocycles. The van der Waals surface area contributed by atoms with E-state index in [1.807, 2.05) is 0 Å². The van der Waals surface area contributed by atoms with E-state index in [1.54, 1.807) is 6.07 Å². The highest BCUT2D eigenvalue weighted by molar-refractivity contribution is 8.00. The van der Waals surface area contributed by atoms with Gasteiger partial charge >= 0.3 is 11.9 Å². The van der Waals surface area contributed by atoms with Gasteiger partial charge in [0.25, 0.3) is 0 Å². The molecule has 0 spiro atoms. The zero-order valence-corrected chi connectivity index (χ0v) is 12.9. The summed E-state index contributed by atoms with van der Waals surface area (Å²) >= 11 is 1.43. The van der Waals surface area contributed by atoms with Gasteiger partial charge in [-0.25, -0.2) is 14.8 Å². The summed E-state index contributed by atoms with van der Waals surface area (Å²) in [6.45, 7) is 1.23. The van der Waals surface area contributed by atoms with Gasteiger partial charge in [-0.3, -0.25) is 14.5 Å². The molecule has 2 aliphatic rings. The Morgan fingerprint density at radius 3 is 2.70 bits per heavy atom. The topological polar surface area (TPSA) is 110 Å².